The Morgan fingerprint density at radius 1 is 1.16 bits per heavy atom. The van der Waals surface area contributed by atoms with E-state index in [0.29, 0.717) is 12.1 Å². The summed E-state index contributed by atoms with van der Waals surface area (Å²) in [6, 6.07) is 5.12. The Morgan fingerprint density at radius 3 is 2.84 bits per heavy atom. The van der Waals surface area contributed by atoms with Gasteiger partial charge in [-0.3, -0.25) is 0 Å². The molecule has 0 radical (unpaired) electrons. The van der Waals surface area contributed by atoms with Crippen LogP contribution in [0.4, 0.5) is 0 Å². The second-order valence-electron chi connectivity index (χ2n) is 5.77. The maximum Gasteiger partial charge on any atom is 0.160 e. The Morgan fingerprint density at radius 2 is 2.11 bits per heavy atom. The summed E-state index contributed by atoms with van der Waals surface area (Å²) in [5, 5.41) is 3.63. The SMILES string of the molecule is c1cnc2c(c1)nc(C1CCCCN1)n2C1CCC1. The van der Waals surface area contributed by atoms with E-state index in [-0.39, 0.29) is 0 Å². The van der Waals surface area contributed by atoms with Crippen LogP contribution < -0.4 is 5.32 Å². The molecule has 1 saturated carbocycles. The van der Waals surface area contributed by atoms with Crippen molar-refractivity contribution < 1.29 is 0 Å². The van der Waals surface area contributed by atoms with E-state index in [4.69, 9.17) is 4.98 Å². The van der Waals surface area contributed by atoms with Crippen LogP contribution >= 0.6 is 0 Å². The fraction of sp³-hybridized carbons (Fsp3) is 0.600. The predicted molar refractivity (Wildman–Crippen MR) is 75.0 cm³/mol. The van der Waals surface area contributed by atoms with Crippen LogP contribution in [0.1, 0.15) is 56.4 Å². The molecule has 0 amide bonds. The fourth-order valence-electron chi connectivity index (χ4n) is 3.27. The van der Waals surface area contributed by atoms with Crippen molar-refractivity contribution in [2.45, 2.75) is 50.6 Å². The van der Waals surface area contributed by atoms with Gasteiger partial charge in [-0.05, 0) is 50.8 Å². The summed E-state index contributed by atoms with van der Waals surface area (Å²) in [7, 11) is 0. The molecule has 1 aliphatic heterocycles. The minimum absolute atomic E-state index is 0.420. The summed E-state index contributed by atoms with van der Waals surface area (Å²) in [5.74, 6) is 1.22. The van der Waals surface area contributed by atoms with Crippen molar-refractivity contribution >= 4 is 11.2 Å². The molecule has 1 saturated heterocycles. The molecule has 1 atom stereocenters. The third-order valence-corrected chi connectivity index (χ3v) is 4.54. The molecule has 4 nitrogen and oxygen atoms in total. The zero-order valence-electron chi connectivity index (χ0n) is 11.2. The van der Waals surface area contributed by atoms with Gasteiger partial charge in [0.15, 0.2) is 5.65 Å². The third kappa shape index (κ3) is 1.86. The lowest BCUT2D eigenvalue weighted by Gasteiger charge is -2.31. The van der Waals surface area contributed by atoms with E-state index in [1.165, 1.54) is 44.3 Å². The average molecular weight is 256 g/mol. The molecule has 0 bridgehead atoms. The number of fused-ring (bicyclic) bond motifs is 1. The van der Waals surface area contributed by atoms with E-state index >= 15 is 0 Å². The summed E-state index contributed by atoms with van der Waals surface area (Å²) in [5.41, 5.74) is 2.13. The molecule has 4 rings (SSSR count). The highest BCUT2D eigenvalue weighted by molar-refractivity contribution is 5.71. The van der Waals surface area contributed by atoms with Crippen LogP contribution in [0, 0.1) is 0 Å². The molecule has 100 valence electrons. The molecule has 0 aromatic carbocycles. The molecule has 2 fully saturated rings. The van der Waals surface area contributed by atoms with E-state index in [0.717, 1.165) is 17.7 Å². The van der Waals surface area contributed by atoms with Crippen molar-refractivity contribution in [3.05, 3.63) is 24.2 Å². The quantitative estimate of drug-likeness (QED) is 0.898. The zero-order chi connectivity index (χ0) is 12.7. The maximum absolute atomic E-state index is 4.88. The van der Waals surface area contributed by atoms with Crippen molar-refractivity contribution in [3.63, 3.8) is 0 Å². The van der Waals surface area contributed by atoms with Crippen LogP contribution in [0.15, 0.2) is 18.3 Å². The van der Waals surface area contributed by atoms with Gasteiger partial charge in [0.05, 0.1) is 6.04 Å². The lowest BCUT2D eigenvalue weighted by atomic mass is 9.92. The normalized spacial score (nSPS) is 24.5. The highest BCUT2D eigenvalue weighted by Crippen LogP contribution is 2.37. The van der Waals surface area contributed by atoms with Gasteiger partial charge in [-0.15, -0.1) is 0 Å². The highest BCUT2D eigenvalue weighted by Gasteiger charge is 2.29. The van der Waals surface area contributed by atoms with E-state index in [9.17, 15) is 0 Å². The van der Waals surface area contributed by atoms with Gasteiger partial charge in [-0.1, -0.05) is 6.42 Å². The second kappa shape index (κ2) is 4.60. The second-order valence-corrected chi connectivity index (χ2v) is 5.77. The first-order chi connectivity index (χ1) is 9.43. The van der Waals surface area contributed by atoms with Gasteiger partial charge >= 0.3 is 0 Å². The average Bonchev–Trinajstić information content (AvgIpc) is 2.78. The summed E-state index contributed by atoms with van der Waals surface area (Å²) in [6.07, 6.45) is 9.59. The molecular formula is C15H20N4. The summed E-state index contributed by atoms with van der Waals surface area (Å²) >= 11 is 0. The van der Waals surface area contributed by atoms with Gasteiger partial charge in [0.1, 0.15) is 11.3 Å². The Balaban J connectivity index is 1.83. The first kappa shape index (κ1) is 11.4. The van der Waals surface area contributed by atoms with Gasteiger partial charge < -0.3 is 9.88 Å². The molecule has 2 aromatic heterocycles. The van der Waals surface area contributed by atoms with E-state index in [1.807, 2.05) is 12.3 Å². The lowest BCUT2D eigenvalue weighted by Crippen LogP contribution is -2.31. The fourth-order valence-corrected chi connectivity index (χ4v) is 3.27. The van der Waals surface area contributed by atoms with Crippen molar-refractivity contribution in [2.75, 3.05) is 6.54 Å². The van der Waals surface area contributed by atoms with Gasteiger partial charge in [0, 0.05) is 12.2 Å². The monoisotopic (exact) mass is 256 g/mol. The van der Waals surface area contributed by atoms with Crippen LogP contribution in [0.5, 0.6) is 0 Å². The van der Waals surface area contributed by atoms with Gasteiger partial charge in [0.2, 0.25) is 0 Å². The van der Waals surface area contributed by atoms with Crippen molar-refractivity contribution in [3.8, 4) is 0 Å². The maximum atomic E-state index is 4.88. The third-order valence-electron chi connectivity index (χ3n) is 4.54. The standard InChI is InChI=1S/C15H20N4/c1-2-9-16-12(7-1)15-18-13-8-4-10-17-14(13)19(15)11-5-3-6-11/h4,8,10-12,16H,1-3,5-7,9H2. The van der Waals surface area contributed by atoms with E-state index in [2.05, 4.69) is 20.9 Å². The number of piperidine rings is 1. The Hall–Kier alpha value is -1.42. The van der Waals surface area contributed by atoms with Crippen LogP contribution in [-0.4, -0.2) is 21.1 Å². The smallest absolute Gasteiger partial charge is 0.160 e. The highest BCUT2D eigenvalue weighted by atomic mass is 15.2. The van der Waals surface area contributed by atoms with Crippen LogP contribution in [0.2, 0.25) is 0 Å². The van der Waals surface area contributed by atoms with Gasteiger partial charge in [0.25, 0.3) is 0 Å². The number of rotatable bonds is 2. The van der Waals surface area contributed by atoms with Crippen molar-refractivity contribution in [1.82, 2.24) is 19.9 Å². The molecule has 3 heterocycles. The molecule has 0 spiro atoms. The zero-order valence-corrected chi connectivity index (χ0v) is 11.2. The van der Waals surface area contributed by atoms with E-state index < -0.39 is 0 Å². The topological polar surface area (TPSA) is 42.7 Å². The Labute approximate surface area is 113 Å². The summed E-state index contributed by atoms with van der Waals surface area (Å²) in [6.45, 7) is 1.12. The van der Waals surface area contributed by atoms with Crippen molar-refractivity contribution in [1.29, 1.82) is 0 Å². The molecule has 2 aromatic rings. The number of aromatic nitrogens is 3. The van der Waals surface area contributed by atoms with Gasteiger partial charge in [-0.25, -0.2) is 9.97 Å². The number of nitrogens with zero attached hydrogens (tertiary/aromatic N) is 3. The molecule has 2 aliphatic rings. The molecule has 1 aliphatic carbocycles. The number of nitrogens with one attached hydrogen (secondary N) is 1. The minimum atomic E-state index is 0.420. The number of imidazole rings is 1. The summed E-state index contributed by atoms with van der Waals surface area (Å²) in [4.78, 5) is 9.45. The van der Waals surface area contributed by atoms with Crippen LogP contribution in [0.25, 0.3) is 11.2 Å². The lowest BCUT2D eigenvalue weighted by molar-refractivity contribution is 0.293. The van der Waals surface area contributed by atoms with Gasteiger partial charge in [-0.2, -0.15) is 0 Å². The molecular weight excluding hydrogens is 236 g/mol. The number of hydrogen-bond donors (Lipinski definition) is 1. The van der Waals surface area contributed by atoms with E-state index in [1.54, 1.807) is 0 Å². The predicted octanol–water partition coefficient (Wildman–Crippen LogP) is 2.97. The first-order valence-electron chi connectivity index (χ1n) is 7.50. The number of hydrogen-bond acceptors (Lipinski definition) is 3. The molecule has 1 unspecified atom stereocenters. The Bertz CT molecular complexity index is 579. The van der Waals surface area contributed by atoms with Crippen LogP contribution in [-0.2, 0) is 0 Å². The number of pyridine rings is 1. The van der Waals surface area contributed by atoms with Crippen molar-refractivity contribution in [2.24, 2.45) is 0 Å². The largest absolute Gasteiger partial charge is 0.308 e. The van der Waals surface area contributed by atoms with Crippen LogP contribution in [0.3, 0.4) is 0 Å². The summed E-state index contributed by atoms with van der Waals surface area (Å²) < 4.78 is 2.42. The molecule has 4 heteroatoms. The minimum Gasteiger partial charge on any atom is -0.308 e. The Kier molecular flexibility index (Phi) is 2.76. The molecule has 1 N–H and O–H groups in total. The first-order valence-corrected chi connectivity index (χ1v) is 7.50. The molecule has 19 heavy (non-hydrogen) atoms.